The summed E-state index contributed by atoms with van der Waals surface area (Å²) in [6, 6.07) is 10.1. The number of aromatic nitrogens is 1. The van der Waals surface area contributed by atoms with Crippen LogP contribution in [0, 0.1) is 0 Å². The Kier molecular flexibility index (Phi) is 3.25. The van der Waals surface area contributed by atoms with Gasteiger partial charge in [-0.15, -0.1) is 0 Å². The number of halogens is 1. The third-order valence-corrected chi connectivity index (χ3v) is 2.36. The van der Waals surface area contributed by atoms with Crippen molar-refractivity contribution in [1.29, 1.82) is 0 Å². The minimum absolute atomic E-state index is 0.118. The Labute approximate surface area is 103 Å². The van der Waals surface area contributed by atoms with E-state index < -0.39 is 5.97 Å². The molecule has 0 fully saturated rings. The second-order valence-corrected chi connectivity index (χ2v) is 3.78. The highest BCUT2D eigenvalue weighted by molar-refractivity contribution is 6.30. The van der Waals surface area contributed by atoms with Gasteiger partial charge in [0.05, 0.1) is 0 Å². The van der Waals surface area contributed by atoms with E-state index >= 15 is 0 Å². The smallest absolute Gasteiger partial charge is 0.339 e. The van der Waals surface area contributed by atoms with Crippen LogP contribution in [0.25, 0.3) is 0 Å². The van der Waals surface area contributed by atoms with Crippen LogP contribution in [0.3, 0.4) is 0 Å². The van der Waals surface area contributed by atoms with Crippen LogP contribution in [-0.4, -0.2) is 16.1 Å². The molecule has 0 aliphatic carbocycles. The lowest BCUT2D eigenvalue weighted by Gasteiger charge is -2.08. The quantitative estimate of drug-likeness (QED) is 0.876. The molecule has 0 aliphatic heterocycles. The van der Waals surface area contributed by atoms with Crippen molar-refractivity contribution in [3.63, 3.8) is 0 Å². The average molecular weight is 249 g/mol. The van der Waals surface area contributed by atoms with Crippen molar-refractivity contribution in [2.24, 2.45) is 0 Å². The summed E-state index contributed by atoms with van der Waals surface area (Å²) >= 11 is 5.84. The van der Waals surface area contributed by atoms with Gasteiger partial charge < -0.3 is 10.4 Å². The van der Waals surface area contributed by atoms with Gasteiger partial charge in [0.25, 0.3) is 0 Å². The van der Waals surface area contributed by atoms with Crippen molar-refractivity contribution in [2.45, 2.75) is 0 Å². The molecule has 1 heterocycles. The van der Waals surface area contributed by atoms with E-state index in [4.69, 9.17) is 16.7 Å². The lowest BCUT2D eigenvalue weighted by molar-refractivity contribution is 0.0697. The molecule has 5 heteroatoms. The zero-order valence-electron chi connectivity index (χ0n) is 8.72. The number of carbonyl (C=O) groups is 1. The number of nitrogens with one attached hydrogen (secondary N) is 1. The van der Waals surface area contributed by atoms with Crippen LogP contribution >= 0.6 is 11.6 Å². The van der Waals surface area contributed by atoms with E-state index in [1.54, 1.807) is 30.3 Å². The van der Waals surface area contributed by atoms with Gasteiger partial charge in [-0.25, -0.2) is 9.78 Å². The zero-order valence-corrected chi connectivity index (χ0v) is 9.48. The highest BCUT2D eigenvalue weighted by atomic mass is 35.5. The predicted molar refractivity (Wildman–Crippen MR) is 65.9 cm³/mol. The molecule has 0 saturated carbocycles. The van der Waals surface area contributed by atoms with Crippen molar-refractivity contribution >= 4 is 29.1 Å². The average Bonchev–Trinajstić information content (AvgIpc) is 2.29. The van der Waals surface area contributed by atoms with Gasteiger partial charge in [0, 0.05) is 16.9 Å². The summed E-state index contributed by atoms with van der Waals surface area (Å²) in [5.74, 6) is -0.732. The number of rotatable bonds is 3. The minimum Gasteiger partial charge on any atom is -0.478 e. The van der Waals surface area contributed by atoms with Gasteiger partial charge in [0.15, 0.2) is 0 Å². The molecule has 1 aromatic heterocycles. The van der Waals surface area contributed by atoms with Gasteiger partial charge in [0.2, 0.25) is 0 Å². The Morgan fingerprint density at radius 3 is 2.82 bits per heavy atom. The minimum atomic E-state index is -1.03. The summed E-state index contributed by atoms with van der Waals surface area (Å²) in [6.07, 6.45) is 1.53. The Bertz CT molecular complexity index is 558. The van der Waals surface area contributed by atoms with E-state index in [2.05, 4.69) is 10.3 Å². The van der Waals surface area contributed by atoms with Crippen molar-refractivity contribution in [1.82, 2.24) is 4.98 Å². The van der Waals surface area contributed by atoms with Crippen molar-refractivity contribution < 1.29 is 9.90 Å². The maximum atomic E-state index is 11.0. The molecule has 2 aromatic rings. The van der Waals surface area contributed by atoms with E-state index in [0.29, 0.717) is 16.5 Å². The van der Waals surface area contributed by atoms with Crippen molar-refractivity contribution in [2.75, 3.05) is 5.32 Å². The fourth-order valence-electron chi connectivity index (χ4n) is 1.38. The monoisotopic (exact) mass is 248 g/mol. The molecular weight excluding hydrogens is 240 g/mol. The number of anilines is 2. The lowest BCUT2D eigenvalue weighted by atomic mass is 10.2. The van der Waals surface area contributed by atoms with Crippen LogP contribution in [-0.2, 0) is 0 Å². The van der Waals surface area contributed by atoms with Crippen LogP contribution in [0.15, 0.2) is 42.6 Å². The summed E-state index contributed by atoms with van der Waals surface area (Å²) in [6.45, 7) is 0. The number of carboxylic acids is 1. The number of pyridine rings is 1. The summed E-state index contributed by atoms with van der Waals surface area (Å²) in [4.78, 5) is 15.0. The molecule has 0 unspecified atom stereocenters. The van der Waals surface area contributed by atoms with E-state index in [9.17, 15) is 4.79 Å². The first-order valence-electron chi connectivity index (χ1n) is 4.88. The molecule has 2 rings (SSSR count). The normalized spacial score (nSPS) is 9.94. The van der Waals surface area contributed by atoms with Gasteiger partial charge >= 0.3 is 5.97 Å². The van der Waals surface area contributed by atoms with Gasteiger partial charge in [0.1, 0.15) is 11.4 Å². The third kappa shape index (κ3) is 2.73. The maximum Gasteiger partial charge on any atom is 0.339 e. The molecule has 0 atom stereocenters. The van der Waals surface area contributed by atoms with Crippen LogP contribution < -0.4 is 5.32 Å². The summed E-state index contributed by atoms with van der Waals surface area (Å²) < 4.78 is 0. The molecule has 0 spiro atoms. The molecule has 2 N–H and O–H groups in total. The molecule has 0 amide bonds. The van der Waals surface area contributed by atoms with Crippen molar-refractivity contribution in [3.8, 4) is 0 Å². The Hall–Kier alpha value is -2.07. The molecular formula is C12H9ClN2O2. The first-order chi connectivity index (χ1) is 8.16. The van der Waals surface area contributed by atoms with Crippen LogP contribution in [0.5, 0.6) is 0 Å². The fourth-order valence-corrected chi connectivity index (χ4v) is 1.57. The number of benzene rings is 1. The predicted octanol–water partition coefficient (Wildman–Crippen LogP) is 3.18. The van der Waals surface area contributed by atoms with Crippen LogP contribution in [0.2, 0.25) is 5.02 Å². The number of aromatic carboxylic acids is 1. The second-order valence-electron chi connectivity index (χ2n) is 3.34. The largest absolute Gasteiger partial charge is 0.478 e. The third-order valence-electron chi connectivity index (χ3n) is 2.13. The molecule has 4 nitrogen and oxygen atoms in total. The van der Waals surface area contributed by atoms with E-state index in [1.165, 1.54) is 12.3 Å². The van der Waals surface area contributed by atoms with Gasteiger partial charge in [-0.3, -0.25) is 0 Å². The first kappa shape index (κ1) is 11.4. The van der Waals surface area contributed by atoms with Crippen LogP contribution in [0.1, 0.15) is 10.4 Å². The highest BCUT2D eigenvalue weighted by Crippen LogP contribution is 2.21. The number of nitrogens with zero attached hydrogens (tertiary/aromatic N) is 1. The molecule has 0 radical (unpaired) electrons. The van der Waals surface area contributed by atoms with Gasteiger partial charge in [-0.05, 0) is 30.3 Å². The highest BCUT2D eigenvalue weighted by Gasteiger charge is 2.10. The maximum absolute atomic E-state index is 11.0. The Morgan fingerprint density at radius 2 is 2.12 bits per heavy atom. The van der Waals surface area contributed by atoms with Crippen LogP contribution in [0.4, 0.5) is 11.5 Å². The van der Waals surface area contributed by atoms with Gasteiger partial charge in [-0.2, -0.15) is 0 Å². The Morgan fingerprint density at radius 1 is 1.29 bits per heavy atom. The molecule has 0 aliphatic rings. The molecule has 0 saturated heterocycles. The van der Waals surface area contributed by atoms with Crippen molar-refractivity contribution in [3.05, 3.63) is 53.2 Å². The van der Waals surface area contributed by atoms with Gasteiger partial charge in [-0.1, -0.05) is 17.7 Å². The van der Waals surface area contributed by atoms with E-state index in [1.807, 2.05) is 0 Å². The van der Waals surface area contributed by atoms with E-state index in [0.717, 1.165) is 0 Å². The Balaban J connectivity index is 2.33. The SMILES string of the molecule is O=C(O)c1cccnc1Nc1cccc(Cl)c1. The topological polar surface area (TPSA) is 62.2 Å². The molecule has 0 bridgehead atoms. The summed E-state index contributed by atoms with van der Waals surface area (Å²) in [5.41, 5.74) is 0.811. The number of hydrogen-bond donors (Lipinski definition) is 2. The summed E-state index contributed by atoms with van der Waals surface area (Å²) in [5, 5.41) is 12.5. The zero-order chi connectivity index (χ0) is 12.3. The molecule has 17 heavy (non-hydrogen) atoms. The standard InChI is InChI=1S/C12H9ClN2O2/c13-8-3-1-4-9(7-8)15-11-10(12(16)17)5-2-6-14-11/h1-7H,(H,14,15)(H,16,17). The molecule has 1 aromatic carbocycles. The lowest BCUT2D eigenvalue weighted by Crippen LogP contribution is -2.04. The summed E-state index contributed by atoms with van der Waals surface area (Å²) in [7, 11) is 0. The first-order valence-corrected chi connectivity index (χ1v) is 5.25. The second kappa shape index (κ2) is 4.84. The number of hydrogen-bond acceptors (Lipinski definition) is 3. The fraction of sp³-hybridized carbons (Fsp3) is 0. The number of carboxylic acid groups (broad SMARTS) is 1. The van der Waals surface area contributed by atoms with E-state index in [-0.39, 0.29) is 5.56 Å². The molecule has 86 valence electrons.